The largest absolute Gasteiger partial charge is 0.493 e. The Balaban J connectivity index is 1.03. The van der Waals surface area contributed by atoms with Crippen molar-refractivity contribution >= 4 is 40.3 Å². The molecule has 5 aromatic rings. The average molecular weight is 635 g/mol. The number of benzene rings is 4. The van der Waals surface area contributed by atoms with Gasteiger partial charge in [-0.05, 0) is 61.4 Å². The molecule has 46 heavy (non-hydrogen) atoms. The maximum absolute atomic E-state index is 13.7. The van der Waals surface area contributed by atoms with Gasteiger partial charge in [0.1, 0.15) is 11.6 Å². The van der Waals surface area contributed by atoms with Crippen LogP contribution in [0.4, 0.5) is 5.69 Å². The van der Waals surface area contributed by atoms with Crippen molar-refractivity contribution in [3.05, 3.63) is 106 Å². The molecule has 7 rings (SSSR count). The summed E-state index contributed by atoms with van der Waals surface area (Å²) in [6.45, 7) is 1.52. The smallest absolute Gasteiger partial charge is 0.266 e. The van der Waals surface area contributed by atoms with Gasteiger partial charge >= 0.3 is 0 Å². The average Bonchev–Trinajstić information content (AvgIpc) is 3.52. The lowest BCUT2D eigenvalue weighted by molar-refractivity contribution is 0.0774. The van der Waals surface area contributed by atoms with Crippen molar-refractivity contribution in [2.45, 2.75) is 25.3 Å². The Morgan fingerprint density at radius 3 is 2.52 bits per heavy atom. The van der Waals surface area contributed by atoms with E-state index in [1.807, 2.05) is 65.7 Å². The number of hydrogen-bond acceptors (Lipinski definition) is 7. The summed E-state index contributed by atoms with van der Waals surface area (Å²) in [5.74, 6) is 2.19. The van der Waals surface area contributed by atoms with E-state index in [4.69, 9.17) is 30.8 Å². The van der Waals surface area contributed by atoms with E-state index in [9.17, 15) is 9.59 Å². The molecule has 1 saturated heterocycles. The predicted molar refractivity (Wildman–Crippen MR) is 179 cm³/mol. The molecule has 1 amide bonds. The first kappa shape index (κ1) is 29.6. The fourth-order valence-corrected chi connectivity index (χ4v) is 6.09. The summed E-state index contributed by atoms with van der Waals surface area (Å²) in [6, 6.07) is 25.6. The van der Waals surface area contributed by atoms with E-state index in [-0.39, 0.29) is 17.5 Å². The minimum Gasteiger partial charge on any atom is -0.493 e. The number of aliphatic imine (C=N–C) groups is 1. The van der Waals surface area contributed by atoms with Crippen LogP contribution < -0.4 is 19.8 Å². The van der Waals surface area contributed by atoms with Crippen LogP contribution in [0, 0.1) is 0 Å². The maximum Gasteiger partial charge on any atom is 0.266 e. The number of aromatic nitrogens is 2. The zero-order valence-electron chi connectivity index (χ0n) is 25.2. The predicted octanol–water partition coefficient (Wildman–Crippen LogP) is 6.88. The lowest BCUT2D eigenvalue weighted by Crippen LogP contribution is -2.35. The molecule has 0 radical (unpaired) electrons. The van der Waals surface area contributed by atoms with Crippen molar-refractivity contribution < 1.29 is 19.0 Å². The first-order valence-electron chi connectivity index (χ1n) is 15.2. The summed E-state index contributed by atoms with van der Waals surface area (Å²) in [7, 11) is 1.56. The number of halogens is 1. The molecule has 4 aromatic carbocycles. The van der Waals surface area contributed by atoms with Crippen LogP contribution in [0.5, 0.6) is 17.2 Å². The minimum absolute atomic E-state index is 0.0262. The lowest BCUT2D eigenvalue weighted by atomic mass is 10.1. The van der Waals surface area contributed by atoms with Gasteiger partial charge in [0.05, 0.1) is 54.2 Å². The summed E-state index contributed by atoms with van der Waals surface area (Å²) in [5.41, 5.74) is 2.97. The van der Waals surface area contributed by atoms with Gasteiger partial charge in [-0.3, -0.25) is 19.1 Å². The Bertz CT molecular complexity index is 2010. The third-order valence-corrected chi connectivity index (χ3v) is 8.47. The van der Waals surface area contributed by atoms with E-state index < -0.39 is 0 Å². The highest BCUT2D eigenvalue weighted by Gasteiger charge is 2.32. The van der Waals surface area contributed by atoms with Gasteiger partial charge in [0.25, 0.3) is 11.5 Å². The van der Waals surface area contributed by atoms with Crippen LogP contribution in [0.2, 0.25) is 5.02 Å². The topological polar surface area (TPSA) is 95.2 Å². The van der Waals surface area contributed by atoms with Gasteiger partial charge in [0, 0.05) is 35.8 Å². The van der Waals surface area contributed by atoms with Gasteiger partial charge in [0.2, 0.25) is 0 Å². The van der Waals surface area contributed by atoms with Crippen LogP contribution in [-0.2, 0) is 0 Å². The Morgan fingerprint density at radius 2 is 1.72 bits per heavy atom. The van der Waals surface area contributed by atoms with Crippen molar-refractivity contribution in [1.82, 2.24) is 14.5 Å². The number of amides is 1. The highest BCUT2D eigenvalue weighted by atomic mass is 35.5. The van der Waals surface area contributed by atoms with Crippen LogP contribution in [0.15, 0.2) is 94.7 Å². The molecule has 1 aromatic heterocycles. The van der Waals surface area contributed by atoms with Gasteiger partial charge in [-0.25, -0.2) is 4.98 Å². The van der Waals surface area contributed by atoms with E-state index in [2.05, 4.69) is 4.99 Å². The third-order valence-electron chi connectivity index (χ3n) is 8.23. The molecule has 1 atom stereocenters. The number of methoxy groups -OCH3 is 1. The molecule has 3 heterocycles. The highest BCUT2D eigenvalue weighted by molar-refractivity contribution is 6.31. The summed E-state index contributed by atoms with van der Waals surface area (Å²) in [5, 5.41) is 0.917. The van der Waals surface area contributed by atoms with Crippen molar-refractivity contribution in [3.63, 3.8) is 0 Å². The van der Waals surface area contributed by atoms with Crippen molar-refractivity contribution in [2.24, 2.45) is 4.99 Å². The van der Waals surface area contributed by atoms with Crippen LogP contribution in [-0.4, -0.2) is 59.5 Å². The molecule has 2 aliphatic heterocycles. The highest BCUT2D eigenvalue weighted by Crippen LogP contribution is 2.38. The molecule has 0 N–H and O–H groups in total. The Hall–Kier alpha value is -5.15. The van der Waals surface area contributed by atoms with Crippen LogP contribution in [0.3, 0.4) is 0 Å². The first-order chi connectivity index (χ1) is 22.5. The SMILES string of the molecule is COc1cc2c(cc1OCCCOc1ccc(-n3c(-c4ccccc4)nc4ccc(Cl)cc4c3=O)cc1)N=C[C@@H]1CCCN1C2=O. The van der Waals surface area contributed by atoms with Crippen LogP contribution >= 0.6 is 11.6 Å². The number of rotatable bonds is 9. The molecule has 0 unspecified atom stereocenters. The zero-order valence-corrected chi connectivity index (χ0v) is 25.9. The number of ether oxygens (including phenoxy) is 3. The standard InChI is InChI=1S/C36H31ClN4O5/c1-44-32-20-29-31(38-22-26-9-5-16-40(26)35(29)42)21-33(32)46-18-6-17-45-27-13-11-25(12-14-27)41-34(23-7-3-2-4-8-23)39-30-15-10-24(37)19-28(30)36(41)43/h2-4,7-8,10-15,19-22,26H,5-6,9,16-18H2,1H3/t26-/m0/s1. The van der Waals surface area contributed by atoms with E-state index in [1.54, 1.807) is 42.0 Å². The lowest BCUT2D eigenvalue weighted by Gasteiger charge is -2.20. The Kier molecular flexibility index (Phi) is 8.15. The Labute approximate surface area is 270 Å². The summed E-state index contributed by atoms with van der Waals surface area (Å²) in [4.78, 5) is 38.1. The third kappa shape index (κ3) is 5.70. The number of nitrogens with zero attached hydrogens (tertiary/aromatic N) is 4. The van der Waals surface area contributed by atoms with Crippen molar-refractivity contribution in [2.75, 3.05) is 26.9 Å². The fraction of sp³-hybridized carbons (Fsp3) is 0.222. The molecule has 1 fully saturated rings. The summed E-state index contributed by atoms with van der Waals surface area (Å²) >= 11 is 6.22. The monoisotopic (exact) mass is 634 g/mol. The maximum atomic E-state index is 13.7. The summed E-state index contributed by atoms with van der Waals surface area (Å²) in [6.07, 6.45) is 4.37. The molecular formula is C36H31ClN4O5. The minimum atomic E-state index is -0.208. The molecule has 0 bridgehead atoms. The van der Waals surface area contributed by atoms with Gasteiger partial charge in [-0.1, -0.05) is 41.9 Å². The van der Waals surface area contributed by atoms with Crippen LogP contribution in [0.1, 0.15) is 29.6 Å². The van der Waals surface area contributed by atoms with Crippen molar-refractivity contribution in [3.8, 4) is 34.3 Å². The van der Waals surface area contributed by atoms with Gasteiger partial charge in [-0.15, -0.1) is 0 Å². The van der Waals surface area contributed by atoms with E-state index in [0.717, 1.165) is 24.9 Å². The molecule has 10 heteroatoms. The summed E-state index contributed by atoms with van der Waals surface area (Å²) < 4.78 is 19.2. The van der Waals surface area contributed by atoms with Crippen molar-refractivity contribution in [1.29, 1.82) is 0 Å². The number of hydrogen-bond donors (Lipinski definition) is 0. The van der Waals surface area contributed by atoms with E-state index in [1.165, 1.54) is 0 Å². The molecule has 0 spiro atoms. The normalized spacial score (nSPS) is 15.4. The van der Waals surface area contributed by atoms with Gasteiger partial charge in [0.15, 0.2) is 11.5 Å². The quantitative estimate of drug-likeness (QED) is 0.164. The second kappa shape index (κ2) is 12.7. The second-order valence-corrected chi connectivity index (χ2v) is 11.6. The number of fused-ring (bicyclic) bond motifs is 3. The Morgan fingerprint density at radius 1 is 0.913 bits per heavy atom. The molecule has 9 nitrogen and oxygen atoms in total. The molecule has 232 valence electrons. The van der Waals surface area contributed by atoms with E-state index >= 15 is 0 Å². The zero-order chi connectivity index (χ0) is 31.6. The molecule has 0 aliphatic carbocycles. The molecular weight excluding hydrogens is 604 g/mol. The number of carbonyl (C=O) groups is 1. The molecule has 2 aliphatic rings. The fourth-order valence-electron chi connectivity index (χ4n) is 5.92. The molecule has 0 saturated carbocycles. The second-order valence-electron chi connectivity index (χ2n) is 11.2. The van der Waals surface area contributed by atoms with Gasteiger partial charge < -0.3 is 19.1 Å². The van der Waals surface area contributed by atoms with Gasteiger partial charge in [-0.2, -0.15) is 0 Å². The number of carbonyl (C=O) groups excluding carboxylic acids is 1. The first-order valence-corrected chi connectivity index (χ1v) is 15.6. The van der Waals surface area contributed by atoms with E-state index in [0.29, 0.717) is 75.6 Å². The van der Waals surface area contributed by atoms with Crippen LogP contribution in [0.25, 0.3) is 28.0 Å².